The van der Waals surface area contributed by atoms with Crippen molar-refractivity contribution in [3.8, 4) is 0 Å². The molecule has 214 valence electrons. The molecule has 0 saturated heterocycles. The average Bonchev–Trinajstić information content (AvgIpc) is 3.40. The van der Waals surface area contributed by atoms with Crippen molar-refractivity contribution < 1.29 is 23.5 Å². The van der Waals surface area contributed by atoms with Gasteiger partial charge in [-0.2, -0.15) is 0 Å². The van der Waals surface area contributed by atoms with Crippen LogP contribution in [0.5, 0.6) is 0 Å². The van der Waals surface area contributed by atoms with Gasteiger partial charge >= 0.3 is 5.97 Å². The number of rotatable bonds is 10. The molecule has 7 nitrogen and oxygen atoms in total. The van der Waals surface area contributed by atoms with Crippen molar-refractivity contribution in [1.82, 2.24) is 9.88 Å². The third-order valence-corrected chi connectivity index (χ3v) is 9.27. The van der Waals surface area contributed by atoms with Crippen LogP contribution in [0.3, 0.4) is 0 Å². The molecule has 0 spiro atoms. The van der Waals surface area contributed by atoms with Crippen molar-refractivity contribution in [2.45, 2.75) is 50.5 Å². The second kappa shape index (κ2) is 13.4. The van der Waals surface area contributed by atoms with Gasteiger partial charge in [-0.25, -0.2) is 9.18 Å². The van der Waals surface area contributed by atoms with Gasteiger partial charge in [0, 0.05) is 40.0 Å². The Bertz CT molecular complexity index is 1580. The number of nitrogens with one attached hydrogen (secondary N) is 2. The molecule has 10 heteroatoms. The number of thiophene rings is 1. The van der Waals surface area contributed by atoms with Gasteiger partial charge in [-0.15, -0.1) is 23.1 Å². The molecular formula is C31H32FN3O4S2. The molecule has 0 radical (unpaired) electrons. The number of ether oxygens (including phenoxy) is 1. The van der Waals surface area contributed by atoms with E-state index in [1.165, 1.54) is 40.1 Å². The van der Waals surface area contributed by atoms with Crippen molar-refractivity contribution in [2.24, 2.45) is 0 Å². The molecule has 0 atom stereocenters. The standard InChI is InChI=1S/C31H32FN3O4S2/c1-2-39-31(38)28-22-12-4-3-5-15-25(22)41-30(28)34-27(36)19-40-26-18-35(24-14-9-7-11-21(24)26)17-16-33-29(37)20-10-6-8-13-23(20)32/h6-11,13-14,18H,2-5,12,15-17,19H2,1H3,(H,33,37)(H,34,36). The van der Waals surface area contributed by atoms with Gasteiger partial charge in [0.15, 0.2) is 0 Å². The third-order valence-electron chi connectivity index (χ3n) is 7.02. The third kappa shape index (κ3) is 6.65. The Morgan fingerprint density at radius 3 is 2.66 bits per heavy atom. The molecular weight excluding hydrogens is 561 g/mol. The Kier molecular flexibility index (Phi) is 9.41. The number of esters is 1. The molecule has 4 aromatic rings. The summed E-state index contributed by atoms with van der Waals surface area (Å²) in [6, 6.07) is 13.8. The number of halogens is 1. The lowest BCUT2D eigenvalue weighted by molar-refractivity contribution is -0.113. The Labute approximate surface area is 246 Å². The highest BCUT2D eigenvalue weighted by Gasteiger charge is 2.26. The molecule has 1 aliphatic carbocycles. The molecule has 2 heterocycles. The van der Waals surface area contributed by atoms with Gasteiger partial charge in [-0.05, 0) is 56.4 Å². The fourth-order valence-electron chi connectivity index (χ4n) is 5.10. The van der Waals surface area contributed by atoms with Crippen LogP contribution in [0.2, 0.25) is 0 Å². The van der Waals surface area contributed by atoms with Crippen LogP contribution >= 0.6 is 23.1 Å². The number of anilines is 1. The Morgan fingerprint density at radius 2 is 1.83 bits per heavy atom. The van der Waals surface area contributed by atoms with E-state index in [2.05, 4.69) is 10.6 Å². The number of hydrogen-bond acceptors (Lipinski definition) is 6. The van der Waals surface area contributed by atoms with Crippen molar-refractivity contribution in [2.75, 3.05) is 24.2 Å². The van der Waals surface area contributed by atoms with Crippen LogP contribution in [0.4, 0.5) is 9.39 Å². The molecule has 1 aliphatic rings. The maximum atomic E-state index is 13.9. The zero-order chi connectivity index (χ0) is 28.8. The van der Waals surface area contributed by atoms with E-state index < -0.39 is 11.7 Å². The fraction of sp³-hybridized carbons (Fsp3) is 0.323. The first-order valence-corrected chi connectivity index (χ1v) is 15.6. The summed E-state index contributed by atoms with van der Waals surface area (Å²) >= 11 is 2.91. The molecule has 2 aromatic carbocycles. The molecule has 0 unspecified atom stereocenters. The van der Waals surface area contributed by atoms with E-state index in [-0.39, 0.29) is 29.8 Å². The maximum Gasteiger partial charge on any atom is 0.341 e. The van der Waals surface area contributed by atoms with Crippen LogP contribution < -0.4 is 10.6 Å². The molecule has 2 aromatic heterocycles. The minimum absolute atomic E-state index is 0.0142. The van der Waals surface area contributed by atoms with Gasteiger partial charge in [0.05, 0.1) is 23.5 Å². The molecule has 0 aliphatic heterocycles. The number of amides is 2. The predicted octanol–water partition coefficient (Wildman–Crippen LogP) is 6.45. The van der Waals surface area contributed by atoms with E-state index in [0.29, 0.717) is 23.7 Å². The molecule has 2 N–H and O–H groups in total. The predicted molar refractivity (Wildman–Crippen MR) is 162 cm³/mol. The summed E-state index contributed by atoms with van der Waals surface area (Å²) in [6.07, 6.45) is 6.94. The van der Waals surface area contributed by atoms with E-state index in [4.69, 9.17) is 4.74 Å². The monoisotopic (exact) mass is 593 g/mol. The van der Waals surface area contributed by atoms with Crippen LogP contribution in [-0.4, -0.2) is 41.3 Å². The summed E-state index contributed by atoms with van der Waals surface area (Å²) in [5.74, 6) is -1.41. The zero-order valence-corrected chi connectivity index (χ0v) is 24.5. The van der Waals surface area contributed by atoms with Crippen LogP contribution in [0.25, 0.3) is 10.9 Å². The number of benzene rings is 2. The number of para-hydroxylation sites is 1. The van der Waals surface area contributed by atoms with Crippen molar-refractivity contribution in [3.63, 3.8) is 0 Å². The lowest BCUT2D eigenvalue weighted by atomic mass is 10.1. The van der Waals surface area contributed by atoms with E-state index >= 15 is 0 Å². The number of nitrogens with zero attached hydrogens (tertiary/aromatic N) is 1. The van der Waals surface area contributed by atoms with Gasteiger partial charge in [0.1, 0.15) is 10.8 Å². The Hall–Kier alpha value is -3.63. The minimum atomic E-state index is -0.555. The Morgan fingerprint density at radius 1 is 1.05 bits per heavy atom. The number of carbonyl (C=O) groups excluding carboxylic acids is 3. The minimum Gasteiger partial charge on any atom is -0.462 e. The number of aromatic nitrogens is 1. The molecule has 0 fully saturated rings. The Balaban J connectivity index is 1.25. The van der Waals surface area contributed by atoms with Crippen LogP contribution in [0.1, 0.15) is 57.3 Å². The van der Waals surface area contributed by atoms with Crippen molar-refractivity contribution in [1.29, 1.82) is 0 Å². The smallest absolute Gasteiger partial charge is 0.341 e. The normalized spacial score (nSPS) is 12.9. The molecule has 0 saturated carbocycles. The van der Waals surface area contributed by atoms with E-state index in [1.54, 1.807) is 19.1 Å². The van der Waals surface area contributed by atoms with Crippen molar-refractivity contribution in [3.05, 3.63) is 82.1 Å². The number of carbonyl (C=O) groups is 3. The first kappa shape index (κ1) is 28.9. The highest BCUT2D eigenvalue weighted by Crippen LogP contribution is 2.38. The van der Waals surface area contributed by atoms with Crippen LogP contribution in [0, 0.1) is 5.82 Å². The summed E-state index contributed by atoms with van der Waals surface area (Å²) in [5, 5.41) is 7.35. The van der Waals surface area contributed by atoms with E-state index in [0.717, 1.165) is 53.5 Å². The summed E-state index contributed by atoms with van der Waals surface area (Å²) in [7, 11) is 0. The molecule has 5 rings (SSSR count). The first-order chi connectivity index (χ1) is 20.0. The zero-order valence-electron chi connectivity index (χ0n) is 22.8. The summed E-state index contributed by atoms with van der Waals surface area (Å²) in [4.78, 5) is 40.4. The van der Waals surface area contributed by atoms with Gasteiger partial charge < -0.3 is 19.9 Å². The molecule has 2 amide bonds. The topological polar surface area (TPSA) is 89.4 Å². The lowest BCUT2D eigenvalue weighted by Crippen LogP contribution is -2.27. The summed E-state index contributed by atoms with van der Waals surface area (Å²) < 4.78 is 21.3. The van der Waals surface area contributed by atoms with Crippen molar-refractivity contribution >= 4 is 56.8 Å². The largest absolute Gasteiger partial charge is 0.462 e. The highest BCUT2D eigenvalue weighted by molar-refractivity contribution is 8.00. The maximum absolute atomic E-state index is 13.9. The quantitative estimate of drug-likeness (QED) is 0.125. The van der Waals surface area contributed by atoms with Gasteiger partial charge in [0.2, 0.25) is 5.91 Å². The second-order valence-electron chi connectivity index (χ2n) is 9.77. The van der Waals surface area contributed by atoms with E-state index in [1.807, 2.05) is 35.0 Å². The SMILES string of the molecule is CCOC(=O)c1c(NC(=O)CSc2cn(CCNC(=O)c3ccccc3F)c3ccccc23)sc2c1CCCCC2. The second-order valence-corrected chi connectivity index (χ2v) is 11.9. The number of aryl methyl sites for hydroxylation is 1. The first-order valence-electron chi connectivity index (χ1n) is 13.8. The van der Waals surface area contributed by atoms with E-state index in [9.17, 15) is 18.8 Å². The number of fused-ring (bicyclic) bond motifs is 2. The fourth-order valence-corrected chi connectivity index (χ4v) is 7.28. The van der Waals surface area contributed by atoms with Crippen LogP contribution in [-0.2, 0) is 28.9 Å². The van der Waals surface area contributed by atoms with Crippen LogP contribution in [0.15, 0.2) is 59.6 Å². The number of hydrogen-bond donors (Lipinski definition) is 2. The number of thioether (sulfide) groups is 1. The highest BCUT2D eigenvalue weighted by atomic mass is 32.2. The van der Waals surface area contributed by atoms with Gasteiger partial charge in [0.25, 0.3) is 5.91 Å². The summed E-state index contributed by atoms with van der Waals surface area (Å²) in [6.45, 7) is 2.86. The van der Waals surface area contributed by atoms with Gasteiger partial charge in [-0.1, -0.05) is 36.8 Å². The molecule has 0 bridgehead atoms. The summed E-state index contributed by atoms with van der Waals surface area (Å²) in [5.41, 5.74) is 2.53. The van der Waals surface area contributed by atoms with Gasteiger partial charge in [-0.3, -0.25) is 9.59 Å². The lowest BCUT2D eigenvalue weighted by Gasteiger charge is -2.08. The molecule has 41 heavy (non-hydrogen) atoms. The average molecular weight is 594 g/mol.